The molecule has 0 unspecified atom stereocenters. The van der Waals surface area contributed by atoms with Crippen molar-refractivity contribution in [3.05, 3.63) is 65.7 Å². The van der Waals surface area contributed by atoms with Gasteiger partial charge in [-0.2, -0.15) is 0 Å². The lowest BCUT2D eigenvalue weighted by atomic mass is 10.2. The lowest BCUT2D eigenvalue weighted by molar-refractivity contribution is 0.274. The minimum Gasteiger partial charge on any atom is -0.496 e. The Kier molecular flexibility index (Phi) is 5.21. The normalized spacial score (nSPS) is 10.7. The molecule has 0 aliphatic rings. The van der Waals surface area contributed by atoms with Gasteiger partial charge in [0.05, 0.1) is 13.7 Å². The highest BCUT2D eigenvalue weighted by molar-refractivity contribution is 5.53. The Morgan fingerprint density at radius 3 is 2.65 bits per heavy atom. The molecule has 0 fully saturated rings. The standard InChI is InChI=1S/C17H19NO2/c1-20-17-10-9-16(12-15(17)13-19)18-11-5-8-14-6-3-2-4-7-14/h2-10,12,18-19H,11,13H2,1H3/b8-5+. The van der Waals surface area contributed by atoms with Gasteiger partial charge < -0.3 is 15.2 Å². The molecule has 0 amide bonds. The van der Waals surface area contributed by atoms with Crippen LogP contribution in [0.5, 0.6) is 5.75 Å². The molecule has 2 N–H and O–H groups in total. The fourth-order valence-electron chi connectivity index (χ4n) is 1.95. The summed E-state index contributed by atoms with van der Waals surface area (Å²) in [6.45, 7) is 0.699. The van der Waals surface area contributed by atoms with Gasteiger partial charge in [-0.15, -0.1) is 0 Å². The van der Waals surface area contributed by atoms with Gasteiger partial charge in [0.15, 0.2) is 0 Å². The Labute approximate surface area is 119 Å². The summed E-state index contributed by atoms with van der Waals surface area (Å²) in [5.74, 6) is 0.706. The Morgan fingerprint density at radius 2 is 1.95 bits per heavy atom. The maximum Gasteiger partial charge on any atom is 0.124 e. The van der Waals surface area contributed by atoms with Crippen LogP contribution in [0.25, 0.3) is 6.08 Å². The zero-order valence-electron chi connectivity index (χ0n) is 11.5. The van der Waals surface area contributed by atoms with E-state index in [0.717, 1.165) is 17.8 Å². The first-order chi connectivity index (χ1) is 9.83. The summed E-state index contributed by atoms with van der Waals surface area (Å²) in [4.78, 5) is 0. The molecule has 0 saturated carbocycles. The quantitative estimate of drug-likeness (QED) is 0.845. The van der Waals surface area contributed by atoms with Crippen LogP contribution in [0.15, 0.2) is 54.6 Å². The van der Waals surface area contributed by atoms with Crippen molar-refractivity contribution in [3.8, 4) is 5.75 Å². The van der Waals surface area contributed by atoms with E-state index in [-0.39, 0.29) is 6.61 Å². The number of nitrogens with one attached hydrogen (secondary N) is 1. The molecule has 0 aliphatic carbocycles. The predicted molar refractivity (Wildman–Crippen MR) is 82.9 cm³/mol. The van der Waals surface area contributed by atoms with E-state index in [0.29, 0.717) is 5.75 Å². The summed E-state index contributed by atoms with van der Waals surface area (Å²) in [7, 11) is 1.60. The lowest BCUT2D eigenvalue weighted by Gasteiger charge is -2.09. The number of anilines is 1. The Balaban J connectivity index is 1.93. The maximum absolute atomic E-state index is 9.27. The third kappa shape index (κ3) is 3.87. The molecule has 2 rings (SSSR count). The highest BCUT2D eigenvalue weighted by Crippen LogP contribution is 2.22. The van der Waals surface area contributed by atoms with Crippen molar-refractivity contribution < 1.29 is 9.84 Å². The highest BCUT2D eigenvalue weighted by atomic mass is 16.5. The van der Waals surface area contributed by atoms with E-state index in [2.05, 4.69) is 29.6 Å². The second-order valence-corrected chi connectivity index (χ2v) is 4.38. The van der Waals surface area contributed by atoms with Crippen LogP contribution >= 0.6 is 0 Å². The Morgan fingerprint density at radius 1 is 1.15 bits per heavy atom. The number of methoxy groups -OCH3 is 1. The van der Waals surface area contributed by atoms with E-state index >= 15 is 0 Å². The molecular formula is C17H19NO2. The topological polar surface area (TPSA) is 41.5 Å². The molecular weight excluding hydrogens is 250 g/mol. The van der Waals surface area contributed by atoms with Crippen molar-refractivity contribution in [2.45, 2.75) is 6.61 Å². The van der Waals surface area contributed by atoms with E-state index in [1.54, 1.807) is 7.11 Å². The molecule has 0 heterocycles. The van der Waals surface area contributed by atoms with Crippen LogP contribution in [-0.4, -0.2) is 18.8 Å². The van der Waals surface area contributed by atoms with Crippen molar-refractivity contribution in [2.75, 3.05) is 19.0 Å². The molecule has 0 radical (unpaired) electrons. The molecule has 0 spiro atoms. The van der Waals surface area contributed by atoms with Gasteiger partial charge in [0.2, 0.25) is 0 Å². The largest absolute Gasteiger partial charge is 0.496 e. The molecule has 0 aliphatic heterocycles. The van der Waals surface area contributed by atoms with Crippen LogP contribution in [0.2, 0.25) is 0 Å². The number of benzene rings is 2. The minimum absolute atomic E-state index is 0.0292. The second kappa shape index (κ2) is 7.36. The van der Waals surface area contributed by atoms with Crippen LogP contribution in [0.3, 0.4) is 0 Å². The Bertz CT molecular complexity index is 564. The third-order valence-electron chi connectivity index (χ3n) is 2.98. The van der Waals surface area contributed by atoms with E-state index in [1.807, 2.05) is 36.4 Å². The average Bonchev–Trinajstić information content (AvgIpc) is 2.52. The first-order valence-electron chi connectivity index (χ1n) is 6.56. The lowest BCUT2D eigenvalue weighted by Crippen LogP contribution is -2.00. The Hall–Kier alpha value is -2.26. The van der Waals surface area contributed by atoms with Gasteiger partial charge in [-0.25, -0.2) is 0 Å². The average molecular weight is 269 g/mol. The molecule has 0 bridgehead atoms. The van der Waals surface area contributed by atoms with Crippen LogP contribution in [-0.2, 0) is 6.61 Å². The van der Waals surface area contributed by atoms with E-state index in [9.17, 15) is 5.11 Å². The van der Waals surface area contributed by atoms with Crippen LogP contribution in [0.1, 0.15) is 11.1 Å². The fraction of sp³-hybridized carbons (Fsp3) is 0.176. The summed E-state index contributed by atoms with van der Waals surface area (Å²) in [5.41, 5.74) is 2.93. The number of hydrogen-bond acceptors (Lipinski definition) is 3. The maximum atomic E-state index is 9.27. The molecule has 104 valence electrons. The van der Waals surface area contributed by atoms with Crippen molar-refractivity contribution >= 4 is 11.8 Å². The van der Waals surface area contributed by atoms with Crippen LogP contribution < -0.4 is 10.1 Å². The van der Waals surface area contributed by atoms with Crippen LogP contribution in [0.4, 0.5) is 5.69 Å². The SMILES string of the molecule is COc1ccc(NC/C=C/c2ccccc2)cc1CO. The molecule has 3 nitrogen and oxygen atoms in total. The van der Waals surface area contributed by atoms with Gasteiger partial charge in [0, 0.05) is 17.8 Å². The van der Waals surface area contributed by atoms with Crippen molar-refractivity contribution in [1.29, 1.82) is 0 Å². The number of aliphatic hydroxyl groups is 1. The number of hydrogen-bond donors (Lipinski definition) is 2. The van der Waals surface area contributed by atoms with E-state index < -0.39 is 0 Å². The molecule has 0 atom stereocenters. The van der Waals surface area contributed by atoms with Crippen LogP contribution in [0, 0.1) is 0 Å². The van der Waals surface area contributed by atoms with Gasteiger partial charge in [-0.05, 0) is 23.8 Å². The first kappa shape index (κ1) is 14.2. The highest BCUT2D eigenvalue weighted by Gasteiger charge is 2.02. The second-order valence-electron chi connectivity index (χ2n) is 4.38. The third-order valence-corrected chi connectivity index (χ3v) is 2.98. The number of ether oxygens (including phenoxy) is 1. The molecule has 0 saturated heterocycles. The van der Waals surface area contributed by atoms with Crippen molar-refractivity contribution in [2.24, 2.45) is 0 Å². The zero-order valence-corrected chi connectivity index (χ0v) is 11.5. The molecule has 3 heteroatoms. The van der Waals surface area contributed by atoms with Gasteiger partial charge in [0.25, 0.3) is 0 Å². The predicted octanol–water partition coefficient (Wildman–Crippen LogP) is 3.31. The molecule has 0 aromatic heterocycles. The number of aliphatic hydroxyl groups excluding tert-OH is 1. The van der Waals surface area contributed by atoms with E-state index in [4.69, 9.17) is 4.74 Å². The molecule has 20 heavy (non-hydrogen) atoms. The zero-order chi connectivity index (χ0) is 14.2. The summed E-state index contributed by atoms with van der Waals surface area (Å²) in [6.07, 6.45) is 4.14. The fourth-order valence-corrected chi connectivity index (χ4v) is 1.95. The summed E-state index contributed by atoms with van der Waals surface area (Å²) >= 11 is 0. The minimum atomic E-state index is -0.0292. The van der Waals surface area contributed by atoms with Gasteiger partial charge in [0.1, 0.15) is 5.75 Å². The molecule has 2 aromatic rings. The van der Waals surface area contributed by atoms with Gasteiger partial charge in [-0.3, -0.25) is 0 Å². The summed E-state index contributed by atoms with van der Waals surface area (Å²) in [6, 6.07) is 15.9. The summed E-state index contributed by atoms with van der Waals surface area (Å²) < 4.78 is 5.17. The van der Waals surface area contributed by atoms with Crippen molar-refractivity contribution in [1.82, 2.24) is 0 Å². The smallest absolute Gasteiger partial charge is 0.124 e. The van der Waals surface area contributed by atoms with Crippen molar-refractivity contribution in [3.63, 3.8) is 0 Å². The summed E-state index contributed by atoms with van der Waals surface area (Å²) in [5, 5.41) is 12.6. The van der Waals surface area contributed by atoms with E-state index in [1.165, 1.54) is 5.56 Å². The number of rotatable bonds is 6. The monoisotopic (exact) mass is 269 g/mol. The van der Waals surface area contributed by atoms with Gasteiger partial charge in [-0.1, -0.05) is 42.5 Å². The van der Waals surface area contributed by atoms with Gasteiger partial charge >= 0.3 is 0 Å². The molecule has 2 aromatic carbocycles. The first-order valence-corrected chi connectivity index (χ1v) is 6.56.